The molecule has 4 rings (SSSR count). The summed E-state index contributed by atoms with van der Waals surface area (Å²) in [7, 11) is 4.36. The Balaban J connectivity index is 2.17. The van der Waals surface area contributed by atoms with Gasteiger partial charge in [-0.1, -0.05) is 49.4 Å². The molecular formula is C26H25N3O5. The van der Waals surface area contributed by atoms with Crippen molar-refractivity contribution in [1.82, 2.24) is 9.78 Å². The molecule has 3 aromatic carbocycles. The second-order valence-electron chi connectivity index (χ2n) is 7.41. The van der Waals surface area contributed by atoms with Crippen molar-refractivity contribution < 1.29 is 23.8 Å². The van der Waals surface area contributed by atoms with Crippen molar-refractivity contribution >= 4 is 28.3 Å². The highest BCUT2D eigenvalue weighted by molar-refractivity contribution is 6.06. The first-order valence-corrected chi connectivity index (χ1v) is 10.7. The van der Waals surface area contributed by atoms with Crippen LogP contribution >= 0.6 is 0 Å². The largest absolute Gasteiger partial charge is 0.496 e. The average Bonchev–Trinajstić information content (AvgIpc) is 3.25. The van der Waals surface area contributed by atoms with Crippen LogP contribution in [-0.4, -0.2) is 43.0 Å². The number of hydrogen-bond donors (Lipinski definition) is 1. The molecule has 0 aliphatic carbocycles. The van der Waals surface area contributed by atoms with E-state index in [2.05, 4.69) is 10.4 Å². The number of hydrogen-bond acceptors (Lipinski definition) is 6. The zero-order valence-electron chi connectivity index (χ0n) is 19.4. The normalized spacial score (nSPS) is 10.7. The molecule has 1 N–H and O–H groups in total. The van der Waals surface area contributed by atoms with Gasteiger partial charge in [-0.05, 0) is 23.6 Å². The van der Waals surface area contributed by atoms with Crippen LogP contribution in [0.15, 0.2) is 60.7 Å². The van der Waals surface area contributed by atoms with Crippen LogP contribution in [0.1, 0.15) is 23.8 Å². The maximum Gasteiger partial charge on any atom is 0.360 e. The maximum atomic E-state index is 12.8. The zero-order valence-corrected chi connectivity index (χ0v) is 19.4. The summed E-state index contributed by atoms with van der Waals surface area (Å²) >= 11 is 0. The molecule has 0 fully saturated rings. The van der Waals surface area contributed by atoms with E-state index in [1.807, 2.05) is 42.5 Å². The first-order valence-electron chi connectivity index (χ1n) is 10.7. The van der Waals surface area contributed by atoms with Crippen LogP contribution in [0, 0.1) is 0 Å². The number of ether oxygens (including phenoxy) is 3. The lowest BCUT2D eigenvalue weighted by molar-refractivity contribution is -0.115. The summed E-state index contributed by atoms with van der Waals surface area (Å²) in [4.78, 5) is 25.3. The standard InChI is InChI=1S/C26H25N3O5/c1-5-21(30)27-23-24(26(31)34-4)28-29(18-13-8-11-16-10-6-7-12-17(16)18)25(23)22-19(32-2)14-9-15-20(22)33-3/h6-15H,5H2,1-4H3,(H,27,30). The second kappa shape index (κ2) is 9.66. The number of carbonyl (C=O) groups is 2. The molecule has 0 bridgehead atoms. The zero-order chi connectivity index (χ0) is 24.2. The van der Waals surface area contributed by atoms with Gasteiger partial charge in [0.25, 0.3) is 0 Å². The minimum absolute atomic E-state index is 0.0276. The fraction of sp³-hybridized carbons (Fsp3) is 0.192. The first kappa shape index (κ1) is 22.8. The summed E-state index contributed by atoms with van der Waals surface area (Å²) in [6.45, 7) is 1.73. The lowest BCUT2D eigenvalue weighted by atomic mass is 10.0. The van der Waals surface area contributed by atoms with Gasteiger partial charge in [0.05, 0.1) is 32.6 Å². The molecule has 8 nitrogen and oxygen atoms in total. The average molecular weight is 460 g/mol. The van der Waals surface area contributed by atoms with Gasteiger partial charge in [-0.2, -0.15) is 5.10 Å². The maximum absolute atomic E-state index is 12.8. The van der Waals surface area contributed by atoms with E-state index in [1.54, 1.807) is 44.0 Å². The first-order chi connectivity index (χ1) is 16.5. The summed E-state index contributed by atoms with van der Waals surface area (Å²) in [6, 6.07) is 19.0. The number of esters is 1. The molecule has 8 heteroatoms. The number of nitrogens with one attached hydrogen (secondary N) is 1. The van der Waals surface area contributed by atoms with Gasteiger partial charge in [0, 0.05) is 11.8 Å². The number of fused-ring (bicyclic) bond motifs is 1. The predicted octanol–water partition coefficient (Wildman–Crippen LogP) is 4.84. The van der Waals surface area contributed by atoms with Gasteiger partial charge in [0.1, 0.15) is 22.9 Å². The topological polar surface area (TPSA) is 91.7 Å². The van der Waals surface area contributed by atoms with Gasteiger partial charge in [-0.15, -0.1) is 0 Å². The molecule has 0 aliphatic heterocycles. The number of benzene rings is 3. The summed E-state index contributed by atoms with van der Waals surface area (Å²) < 4.78 is 17.9. The van der Waals surface area contributed by atoms with Crippen LogP contribution < -0.4 is 14.8 Å². The monoisotopic (exact) mass is 459 g/mol. The molecule has 174 valence electrons. The van der Waals surface area contributed by atoms with Crippen LogP contribution in [0.4, 0.5) is 5.69 Å². The van der Waals surface area contributed by atoms with Crippen molar-refractivity contribution in [2.75, 3.05) is 26.6 Å². The Morgan fingerprint density at radius 1 is 0.912 bits per heavy atom. The van der Waals surface area contributed by atoms with E-state index in [-0.39, 0.29) is 23.7 Å². The fourth-order valence-corrected chi connectivity index (χ4v) is 3.89. The van der Waals surface area contributed by atoms with Crippen molar-refractivity contribution in [2.45, 2.75) is 13.3 Å². The molecule has 34 heavy (non-hydrogen) atoms. The third-order valence-corrected chi connectivity index (χ3v) is 5.51. The van der Waals surface area contributed by atoms with Crippen molar-refractivity contribution in [3.63, 3.8) is 0 Å². The highest BCUT2D eigenvalue weighted by Gasteiger charge is 2.30. The Bertz CT molecular complexity index is 1350. The molecule has 0 saturated carbocycles. The summed E-state index contributed by atoms with van der Waals surface area (Å²) in [5, 5.41) is 9.38. The van der Waals surface area contributed by atoms with Crippen LogP contribution in [0.3, 0.4) is 0 Å². The molecule has 4 aromatic rings. The Morgan fingerprint density at radius 3 is 2.21 bits per heavy atom. The molecule has 0 atom stereocenters. The predicted molar refractivity (Wildman–Crippen MR) is 130 cm³/mol. The van der Waals surface area contributed by atoms with Gasteiger partial charge in [0.15, 0.2) is 5.69 Å². The van der Waals surface area contributed by atoms with Crippen LogP contribution in [0.5, 0.6) is 11.5 Å². The summed E-state index contributed by atoms with van der Waals surface area (Å²) in [5.74, 6) is 0.0199. The smallest absolute Gasteiger partial charge is 0.360 e. The quantitative estimate of drug-likeness (QED) is 0.398. The number of anilines is 1. The molecule has 0 aliphatic rings. The van der Waals surface area contributed by atoms with E-state index in [9.17, 15) is 9.59 Å². The number of amides is 1. The lowest BCUT2D eigenvalue weighted by Gasteiger charge is -2.17. The van der Waals surface area contributed by atoms with Crippen molar-refractivity contribution in [3.05, 3.63) is 66.4 Å². The van der Waals surface area contributed by atoms with Crippen LogP contribution in [0.25, 0.3) is 27.7 Å². The second-order valence-corrected chi connectivity index (χ2v) is 7.41. The molecular weight excluding hydrogens is 434 g/mol. The number of nitrogens with zero attached hydrogens (tertiary/aromatic N) is 2. The van der Waals surface area contributed by atoms with E-state index < -0.39 is 5.97 Å². The van der Waals surface area contributed by atoms with Gasteiger partial charge >= 0.3 is 5.97 Å². The number of methoxy groups -OCH3 is 3. The van der Waals surface area contributed by atoms with E-state index in [4.69, 9.17) is 14.2 Å². The van der Waals surface area contributed by atoms with Crippen LogP contribution in [0.2, 0.25) is 0 Å². The minimum atomic E-state index is -0.680. The van der Waals surface area contributed by atoms with Crippen molar-refractivity contribution in [2.24, 2.45) is 0 Å². The lowest BCUT2D eigenvalue weighted by Crippen LogP contribution is -2.14. The van der Waals surface area contributed by atoms with E-state index in [1.165, 1.54) is 7.11 Å². The van der Waals surface area contributed by atoms with Crippen molar-refractivity contribution in [1.29, 1.82) is 0 Å². The van der Waals surface area contributed by atoms with Gasteiger partial charge in [-0.3, -0.25) is 4.79 Å². The molecule has 1 aromatic heterocycles. The van der Waals surface area contributed by atoms with E-state index >= 15 is 0 Å². The van der Waals surface area contributed by atoms with Gasteiger partial charge in [0.2, 0.25) is 5.91 Å². The van der Waals surface area contributed by atoms with E-state index in [0.717, 1.165) is 10.8 Å². The number of rotatable bonds is 7. The van der Waals surface area contributed by atoms with Crippen molar-refractivity contribution in [3.8, 4) is 28.4 Å². The Kier molecular flexibility index (Phi) is 6.49. The molecule has 1 amide bonds. The molecule has 0 spiro atoms. The minimum Gasteiger partial charge on any atom is -0.496 e. The number of aromatic nitrogens is 2. The fourth-order valence-electron chi connectivity index (χ4n) is 3.89. The summed E-state index contributed by atoms with van der Waals surface area (Å²) in [5.41, 5.74) is 1.88. The van der Waals surface area contributed by atoms with Gasteiger partial charge in [-0.25, -0.2) is 9.48 Å². The molecule has 1 heterocycles. The third kappa shape index (κ3) is 3.94. The van der Waals surface area contributed by atoms with Gasteiger partial charge < -0.3 is 19.5 Å². The highest BCUT2D eigenvalue weighted by atomic mass is 16.5. The Morgan fingerprint density at radius 2 is 1.56 bits per heavy atom. The third-order valence-electron chi connectivity index (χ3n) is 5.51. The highest BCUT2D eigenvalue weighted by Crippen LogP contribution is 2.45. The van der Waals surface area contributed by atoms with E-state index in [0.29, 0.717) is 28.4 Å². The molecule has 0 unspecified atom stereocenters. The van der Waals surface area contributed by atoms with Crippen LogP contribution in [-0.2, 0) is 9.53 Å². The molecule has 0 radical (unpaired) electrons. The number of carbonyl (C=O) groups excluding carboxylic acids is 2. The molecule has 0 saturated heterocycles. The Labute approximate surface area is 197 Å². The SMILES string of the molecule is CCC(=O)Nc1c(C(=O)OC)nn(-c2cccc3ccccc23)c1-c1c(OC)cccc1OC. The summed E-state index contributed by atoms with van der Waals surface area (Å²) in [6.07, 6.45) is 0.211. The Hall–Kier alpha value is -4.33.